The van der Waals surface area contributed by atoms with E-state index < -0.39 is 0 Å². The number of hydrogen-bond acceptors (Lipinski definition) is 4. The Morgan fingerprint density at radius 2 is 2.11 bits per heavy atom. The van der Waals surface area contributed by atoms with Crippen LogP contribution in [0.4, 0.5) is 0 Å². The van der Waals surface area contributed by atoms with Crippen LogP contribution in [0.15, 0.2) is 23.7 Å². The zero-order valence-corrected chi connectivity index (χ0v) is 11.5. The van der Waals surface area contributed by atoms with E-state index in [-0.39, 0.29) is 6.04 Å². The molecule has 3 nitrogen and oxygen atoms in total. The Balaban J connectivity index is 1.91. The van der Waals surface area contributed by atoms with Crippen molar-refractivity contribution < 1.29 is 0 Å². The Bertz CT molecular complexity index is 528. The summed E-state index contributed by atoms with van der Waals surface area (Å²) < 4.78 is 0. The predicted octanol–water partition coefficient (Wildman–Crippen LogP) is 3.00. The van der Waals surface area contributed by atoms with Crippen LogP contribution in [0.3, 0.4) is 0 Å². The number of nitrogens with zero attached hydrogens (tertiary/aromatic N) is 2. The fourth-order valence-corrected chi connectivity index (χ4v) is 2.83. The Morgan fingerprint density at radius 1 is 1.28 bits per heavy atom. The molecule has 0 bridgehead atoms. The molecule has 2 heterocycles. The zero-order chi connectivity index (χ0) is 12.5. The van der Waals surface area contributed by atoms with E-state index in [4.69, 9.17) is 0 Å². The molecular weight excluding hydrogens is 242 g/mol. The first-order valence-electron chi connectivity index (χ1n) is 6.33. The second-order valence-corrected chi connectivity index (χ2v) is 5.82. The number of rotatable bonds is 4. The van der Waals surface area contributed by atoms with Crippen molar-refractivity contribution in [2.75, 3.05) is 0 Å². The second kappa shape index (κ2) is 4.78. The maximum absolute atomic E-state index is 4.62. The van der Waals surface area contributed by atoms with E-state index in [0.29, 0.717) is 6.04 Å². The van der Waals surface area contributed by atoms with Crippen molar-refractivity contribution in [2.24, 2.45) is 0 Å². The molecule has 0 saturated heterocycles. The van der Waals surface area contributed by atoms with Crippen LogP contribution in [0.5, 0.6) is 0 Å². The van der Waals surface area contributed by atoms with Crippen LogP contribution in [0.25, 0.3) is 0 Å². The molecule has 1 unspecified atom stereocenters. The van der Waals surface area contributed by atoms with E-state index in [9.17, 15) is 0 Å². The van der Waals surface area contributed by atoms with Gasteiger partial charge in [-0.1, -0.05) is 6.07 Å². The maximum atomic E-state index is 4.62. The molecule has 0 aromatic carbocycles. The van der Waals surface area contributed by atoms with Crippen LogP contribution in [0.2, 0.25) is 0 Å². The summed E-state index contributed by atoms with van der Waals surface area (Å²) in [7, 11) is 0. The Hall–Kier alpha value is -1.26. The molecule has 18 heavy (non-hydrogen) atoms. The van der Waals surface area contributed by atoms with Crippen LogP contribution >= 0.6 is 11.3 Å². The van der Waals surface area contributed by atoms with E-state index in [1.165, 1.54) is 18.4 Å². The molecule has 94 valence electrons. The summed E-state index contributed by atoms with van der Waals surface area (Å²) >= 11 is 1.73. The summed E-state index contributed by atoms with van der Waals surface area (Å²) in [5.41, 5.74) is 3.36. The lowest BCUT2D eigenvalue weighted by Gasteiger charge is -2.16. The van der Waals surface area contributed by atoms with Crippen molar-refractivity contribution in [1.29, 1.82) is 0 Å². The molecule has 1 aliphatic rings. The van der Waals surface area contributed by atoms with Gasteiger partial charge >= 0.3 is 0 Å². The first-order valence-corrected chi connectivity index (χ1v) is 7.21. The van der Waals surface area contributed by atoms with Crippen molar-refractivity contribution in [3.05, 3.63) is 45.7 Å². The van der Waals surface area contributed by atoms with Crippen LogP contribution in [0.1, 0.15) is 40.8 Å². The molecule has 1 atom stereocenters. The summed E-state index contributed by atoms with van der Waals surface area (Å²) in [6.07, 6.45) is 4.52. The Kier molecular flexibility index (Phi) is 3.14. The number of thiazole rings is 1. The maximum Gasteiger partial charge on any atom is 0.114 e. The molecule has 2 aromatic rings. The minimum Gasteiger partial charge on any atom is -0.301 e. The third-order valence-electron chi connectivity index (χ3n) is 3.13. The molecule has 2 aromatic heterocycles. The Morgan fingerprint density at radius 3 is 2.67 bits per heavy atom. The SMILES string of the molecule is Cc1ccc(C(NC2CC2)c2nc(C)cs2)cn1. The fraction of sp³-hybridized carbons (Fsp3) is 0.429. The number of nitrogens with one attached hydrogen (secondary N) is 1. The highest BCUT2D eigenvalue weighted by Crippen LogP contribution is 2.30. The average Bonchev–Trinajstić information content (AvgIpc) is 3.09. The van der Waals surface area contributed by atoms with E-state index in [2.05, 4.69) is 32.8 Å². The third kappa shape index (κ3) is 2.60. The third-order valence-corrected chi connectivity index (χ3v) is 4.16. The van der Waals surface area contributed by atoms with Gasteiger partial charge in [0, 0.05) is 29.0 Å². The van der Waals surface area contributed by atoms with Gasteiger partial charge in [-0.05, 0) is 38.3 Å². The van der Waals surface area contributed by atoms with E-state index in [0.717, 1.165) is 16.4 Å². The van der Waals surface area contributed by atoms with Crippen molar-refractivity contribution >= 4 is 11.3 Å². The van der Waals surface area contributed by atoms with E-state index in [1.54, 1.807) is 11.3 Å². The zero-order valence-electron chi connectivity index (χ0n) is 10.7. The van der Waals surface area contributed by atoms with Gasteiger partial charge in [0.15, 0.2) is 0 Å². The first-order chi connectivity index (χ1) is 8.72. The van der Waals surface area contributed by atoms with Gasteiger partial charge in [0.2, 0.25) is 0 Å². The first kappa shape index (κ1) is 11.8. The molecule has 0 amide bonds. The smallest absolute Gasteiger partial charge is 0.114 e. The number of hydrogen-bond donors (Lipinski definition) is 1. The quantitative estimate of drug-likeness (QED) is 0.917. The van der Waals surface area contributed by atoms with Crippen LogP contribution in [-0.4, -0.2) is 16.0 Å². The monoisotopic (exact) mass is 259 g/mol. The molecule has 0 radical (unpaired) electrons. The predicted molar refractivity (Wildman–Crippen MR) is 73.8 cm³/mol. The molecule has 0 spiro atoms. The normalized spacial score (nSPS) is 16.8. The molecule has 1 N–H and O–H groups in total. The highest BCUT2D eigenvalue weighted by molar-refractivity contribution is 7.09. The highest BCUT2D eigenvalue weighted by atomic mass is 32.1. The highest BCUT2D eigenvalue weighted by Gasteiger charge is 2.27. The fourth-order valence-electron chi connectivity index (χ4n) is 1.95. The largest absolute Gasteiger partial charge is 0.301 e. The van der Waals surface area contributed by atoms with Crippen molar-refractivity contribution in [2.45, 2.75) is 38.8 Å². The molecule has 3 rings (SSSR count). The summed E-state index contributed by atoms with van der Waals surface area (Å²) in [6, 6.07) is 5.07. The standard InChI is InChI=1S/C14H17N3S/c1-9-3-4-11(7-15-9)13(17-12-5-6-12)14-16-10(2)8-18-14/h3-4,7-8,12-13,17H,5-6H2,1-2H3. The molecule has 4 heteroatoms. The minimum atomic E-state index is 0.198. The molecule has 0 aliphatic heterocycles. The number of aromatic nitrogens is 2. The summed E-state index contributed by atoms with van der Waals surface area (Å²) in [4.78, 5) is 9.02. The lowest BCUT2D eigenvalue weighted by molar-refractivity contribution is 0.595. The van der Waals surface area contributed by atoms with Crippen molar-refractivity contribution in [3.63, 3.8) is 0 Å². The van der Waals surface area contributed by atoms with Gasteiger partial charge in [-0.25, -0.2) is 4.98 Å². The Labute approximate surface area is 111 Å². The summed E-state index contributed by atoms with van der Waals surface area (Å²) in [5.74, 6) is 0. The van der Waals surface area contributed by atoms with Crippen LogP contribution in [0, 0.1) is 13.8 Å². The van der Waals surface area contributed by atoms with Crippen LogP contribution < -0.4 is 5.32 Å². The molecule has 1 aliphatic carbocycles. The second-order valence-electron chi connectivity index (χ2n) is 4.93. The van der Waals surface area contributed by atoms with Crippen LogP contribution in [-0.2, 0) is 0 Å². The lowest BCUT2D eigenvalue weighted by atomic mass is 10.1. The minimum absolute atomic E-state index is 0.198. The van der Waals surface area contributed by atoms with Gasteiger partial charge in [0.05, 0.1) is 6.04 Å². The molecular formula is C14H17N3S. The van der Waals surface area contributed by atoms with Gasteiger partial charge in [-0.15, -0.1) is 11.3 Å². The van der Waals surface area contributed by atoms with Gasteiger partial charge in [0.1, 0.15) is 5.01 Å². The molecule has 1 saturated carbocycles. The average molecular weight is 259 g/mol. The van der Waals surface area contributed by atoms with E-state index in [1.807, 2.05) is 20.0 Å². The van der Waals surface area contributed by atoms with Gasteiger partial charge in [0.25, 0.3) is 0 Å². The van der Waals surface area contributed by atoms with E-state index >= 15 is 0 Å². The number of aryl methyl sites for hydroxylation is 2. The molecule has 1 fully saturated rings. The summed E-state index contributed by atoms with van der Waals surface area (Å²) in [6.45, 7) is 4.06. The topological polar surface area (TPSA) is 37.8 Å². The van der Waals surface area contributed by atoms with Gasteiger partial charge in [-0.3, -0.25) is 4.98 Å². The van der Waals surface area contributed by atoms with Gasteiger partial charge < -0.3 is 5.32 Å². The number of pyridine rings is 1. The lowest BCUT2D eigenvalue weighted by Crippen LogP contribution is -2.24. The summed E-state index contributed by atoms with van der Waals surface area (Å²) in [5, 5.41) is 6.92. The van der Waals surface area contributed by atoms with Crippen molar-refractivity contribution in [3.8, 4) is 0 Å². The van der Waals surface area contributed by atoms with Gasteiger partial charge in [-0.2, -0.15) is 0 Å². The van der Waals surface area contributed by atoms with Crippen molar-refractivity contribution in [1.82, 2.24) is 15.3 Å².